The molecule has 0 aliphatic rings. The van der Waals surface area contributed by atoms with Crippen molar-refractivity contribution in [3.05, 3.63) is 51.2 Å². The van der Waals surface area contributed by atoms with Gasteiger partial charge in [-0.3, -0.25) is 4.79 Å². The molecule has 2 aromatic rings. The first-order chi connectivity index (χ1) is 8.99. The molecule has 2 rings (SSSR count). The maximum atomic E-state index is 12.3. The molecule has 0 fully saturated rings. The Labute approximate surface area is 121 Å². The number of hydrogen-bond acceptors (Lipinski definition) is 3. The molecule has 1 unspecified atom stereocenters. The number of rotatable bonds is 3. The number of amides is 1. The molecule has 5 heteroatoms. The van der Waals surface area contributed by atoms with Gasteiger partial charge in [-0.15, -0.1) is 11.3 Å². The van der Waals surface area contributed by atoms with Crippen LogP contribution in [0.25, 0.3) is 0 Å². The van der Waals surface area contributed by atoms with Gasteiger partial charge in [0, 0.05) is 7.05 Å². The molecular weight excluding hydrogens is 282 g/mol. The molecule has 1 amide bonds. The molecule has 0 bridgehead atoms. The maximum absolute atomic E-state index is 12.3. The average Bonchev–Trinajstić information content (AvgIpc) is 2.84. The topological polar surface area (TPSA) is 40.5 Å². The van der Waals surface area contributed by atoms with E-state index in [0.717, 1.165) is 5.56 Å². The van der Waals surface area contributed by atoms with E-state index in [1.165, 1.54) is 11.3 Å². The predicted octanol–water partition coefficient (Wildman–Crippen LogP) is 3.94. The van der Waals surface area contributed by atoms with Crippen molar-refractivity contribution in [1.29, 1.82) is 0 Å². The van der Waals surface area contributed by atoms with Crippen LogP contribution in [0.15, 0.2) is 36.4 Å². The number of nitrogens with zero attached hydrogens (tertiary/aromatic N) is 1. The lowest BCUT2D eigenvalue weighted by atomic mass is 10.1. The van der Waals surface area contributed by atoms with Gasteiger partial charge in [-0.05, 0) is 36.8 Å². The monoisotopic (exact) mass is 295 g/mol. The van der Waals surface area contributed by atoms with Gasteiger partial charge in [-0.25, -0.2) is 0 Å². The predicted molar refractivity (Wildman–Crippen MR) is 77.9 cm³/mol. The van der Waals surface area contributed by atoms with E-state index in [0.29, 0.717) is 9.21 Å². The summed E-state index contributed by atoms with van der Waals surface area (Å²) in [6.07, 6.45) is 0. The molecule has 0 aliphatic carbocycles. The number of phenols is 1. The molecule has 1 heterocycles. The van der Waals surface area contributed by atoms with E-state index in [9.17, 15) is 9.90 Å². The van der Waals surface area contributed by atoms with Gasteiger partial charge in [0.1, 0.15) is 5.75 Å². The number of phenolic OH excluding ortho intramolecular Hbond substituents is 1. The maximum Gasteiger partial charge on any atom is 0.264 e. The standard InChI is InChI=1S/C14H14ClNO2S/c1-9(10-3-5-11(17)6-4-10)16(2)14(18)12-7-8-13(15)19-12/h3-9,17H,1-2H3. The highest BCUT2D eigenvalue weighted by Crippen LogP contribution is 2.26. The first kappa shape index (κ1) is 13.9. The lowest BCUT2D eigenvalue weighted by Gasteiger charge is -2.24. The summed E-state index contributed by atoms with van der Waals surface area (Å²) < 4.78 is 0.606. The smallest absolute Gasteiger partial charge is 0.264 e. The van der Waals surface area contributed by atoms with Crippen LogP contribution in [0.4, 0.5) is 0 Å². The van der Waals surface area contributed by atoms with Gasteiger partial charge in [0.15, 0.2) is 0 Å². The second kappa shape index (κ2) is 5.63. The normalized spacial score (nSPS) is 12.2. The summed E-state index contributed by atoms with van der Waals surface area (Å²) in [7, 11) is 1.76. The van der Waals surface area contributed by atoms with E-state index in [1.807, 2.05) is 19.1 Å². The lowest BCUT2D eigenvalue weighted by molar-refractivity contribution is 0.0747. The van der Waals surface area contributed by atoms with E-state index in [-0.39, 0.29) is 17.7 Å². The van der Waals surface area contributed by atoms with Crippen molar-refractivity contribution < 1.29 is 9.90 Å². The highest BCUT2D eigenvalue weighted by Gasteiger charge is 2.20. The molecule has 0 aliphatic heterocycles. The number of aromatic hydroxyl groups is 1. The van der Waals surface area contributed by atoms with Crippen molar-refractivity contribution >= 4 is 28.8 Å². The third kappa shape index (κ3) is 3.08. The largest absolute Gasteiger partial charge is 0.508 e. The van der Waals surface area contributed by atoms with Crippen LogP contribution in [-0.2, 0) is 0 Å². The fourth-order valence-electron chi connectivity index (χ4n) is 1.76. The minimum Gasteiger partial charge on any atom is -0.508 e. The molecule has 0 saturated heterocycles. The Bertz CT molecular complexity index is 579. The van der Waals surface area contributed by atoms with Crippen molar-refractivity contribution in [2.45, 2.75) is 13.0 Å². The minimum atomic E-state index is -0.0750. The molecule has 19 heavy (non-hydrogen) atoms. The number of halogens is 1. The van der Waals surface area contributed by atoms with Crippen LogP contribution in [0.2, 0.25) is 4.34 Å². The fourth-order valence-corrected chi connectivity index (χ4v) is 2.78. The third-order valence-corrected chi connectivity index (χ3v) is 4.28. The Morgan fingerprint density at radius 2 is 1.89 bits per heavy atom. The summed E-state index contributed by atoms with van der Waals surface area (Å²) in [6.45, 7) is 1.94. The zero-order chi connectivity index (χ0) is 14.0. The van der Waals surface area contributed by atoms with Crippen LogP contribution in [0.1, 0.15) is 28.2 Å². The number of benzene rings is 1. The Morgan fingerprint density at radius 1 is 1.26 bits per heavy atom. The summed E-state index contributed by atoms with van der Waals surface area (Å²) in [5.74, 6) is 0.160. The number of carbonyl (C=O) groups excluding carboxylic acids is 1. The van der Waals surface area contributed by atoms with Gasteiger partial charge in [-0.1, -0.05) is 23.7 Å². The quantitative estimate of drug-likeness (QED) is 0.932. The molecule has 1 atom stereocenters. The van der Waals surface area contributed by atoms with Gasteiger partial charge in [0.2, 0.25) is 0 Å². The summed E-state index contributed by atoms with van der Waals surface area (Å²) in [4.78, 5) is 14.6. The molecule has 0 saturated carbocycles. The summed E-state index contributed by atoms with van der Waals surface area (Å²) in [5.41, 5.74) is 0.969. The van der Waals surface area contributed by atoms with Crippen LogP contribution < -0.4 is 0 Å². The Balaban J connectivity index is 2.16. The van der Waals surface area contributed by atoms with Gasteiger partial charge in [0.25, 0.3) is 5.91 Å². The number of hydrogen-bond donors (Lipinski definition) is 1. The van der Waals surface area contributed by atoms with Gasteiger partial charge < -0.3 is 10.0 Å². The van der Waals surface area contributed by atoms with Crippen LogP contribution in [-0.4, -0.2) is 23.0 Å². The van der Waals surface area contributed by atoms with Crippen molar-refractivity contribution in [2.24, 2.45) is 0 Å². The molecule has 0 spiro atoms. The van der Waals surface area contributed by atoms with Crippen molar-refractivity contribution in [3.63, 3.8) is 0 Å². The van der Waals surface area contributed by atoms with Crippen molar-refractivity contribution in [1.82, 2.24) is 4.90 Å². The molecular formula is C14H14ClNO2S. The Kier molecular flexibility index (Phi) is 4.12. The summed E-state index contributed by atoms with van der Waals surface area (Å²) in [6, 6.07) is 10.2. The lowest BCUT2D eigenvalue weighted by Crippen LogP contribution is -2.28. The van der Waals surface area contributed by atoms with Crippen LogP contribution in [0, 0.1) is 0 Å². The SMILES string of the molecule is CC(c1ccc(O)cc1)N(C)C(=O)c1ccc(Cl)s1. The molecule has 3 nitrogen and oxygen atoms in total. The van der Waals surface area contributed by atoms with E-state index in [2.05, 4.69) is 0 Å². The third-order valence-electron chi connectivity index (χ3n) is 3.06. The zero-order valence-electron chi connectivity index (χ0n) is 10.6. The second-order valence-electron chi connectivity index (χ2n) is 4.29. The highest BCUT2D eigenvalue weighted by atomic mass is 35.5. The molecule has 1 N–H and O–H groups in total. The minimum absolute atomic E-state index is 0.0579. The highest BCUT2D eigenvalue weighted by molar-refractivity contribution is 7.17. The van der Waals surface area contributed by atoms with Crippen molar-refractivity contribution in [3.8, 4) is 5.75 Å². The first-order valence-electron chi connectivity index (χ1n) is 5.80. The van der Waals surface area contributed by atoms with Gasteiger partial charge >= 0.3 is 0 Å². The van der Waals surface area contributed by atoms with E-state index < -0.39 is 0 Å². The van der Waals surface area contributed by atoms with Gasteiger partial charge in [0.05, 0.1) is 15.3 Å². The van der Waals surface area contributed by atoms with E-state index >= 15 is 0 Å². The molecule has 0 radical (unpaired) electrons. The number of thiophene rings is 1. The first-order valence-corrected chi connectivity index (χ1v) is 7.00. The van der Waals surface area contributed by atoms with E-state index in [1.54, 1.807) is 36.2 Å². The van der Waals surface area contributed by atoms with Gasteiger partial charge in [-0.2, -0.15) is 0 Å². The van der Waals surface area contributed by atoms with Crippen LogP contribution in [0.3, 0.4) is 0 Å². The summed E-state index contributed by atoms with van der Waals surface area (Å²) in [5, 5.41) is 9.27. The zero-order valence-corrected chi connectivity index (χ0v) is 12.2. The Morgan fingerprint density at radius 3 is 2.42 bits per heavy atom. The van der Waals surface area contributed by atoms with Crippen molar-refractivity contribution in [2.75, 3.05) is 7.05 Å². The Hall–Kier alpha value is -1.52. The average molecular weight is 296 g/mol. The molecule has 1 aromatic heterocycles. The van der Waals surface area contributed by atoms with Crippen LogP contribution >= 0.6 is 22.9 Å². The summed E-state index contributed by atoms with van der Waals surface area (Å²) >= 11 is 7.12. The molecule has 1 aromatic carbocycles. The van der Waals surface area contributed by atoms with E-state index in [4.69, 9.17) is 11.6 Å². The van der Waals surface area contributed by atoms with Crippen LogP contribution in [0.5, 0.6) is 5.75 Å². The fraction of sp³-hybridized carbons (Fsp3) is 0.214. The molecule has 100 valence electrons. The number of carbonyl (C=O) groups is 1. The second-order valence-corrected chi connectivity index (χ2v) is 6.00.